The molecule has 0 aromatic carbocycles. The molecular formula is C13H28N2O. The van der Waals surface area contributed by atoms with Gasteiger partial charge in [0, 0.05) is 26.8 Å². The topological polar surface area (TPSA) is 24.5 Å². The lowest BCUT2D eigenvalue weighted by Crippen LogP contribution is -2.34. The van der Waals surface area contributed by atoms with Crippen molar-refractivity contribution in [3.63, 3.8) is 0 Å². The third kappa shape index (κ3) is 7.20. The summed E-state index contributed by atoms with van der Waals surface area (Å²) in [6.07, 6.45) is 8.21. The van der Waals surface area contributed by atoms with Gasteiger partial charge in [-0.05, 0) is 38.9 Å². The van der Waals surface area contributed by atoms with E-state index in [9.17, 15) is 0 Å². The van der Waals surface area contributed by atoms with E-state index < -0.39 is 0 Å². The van der Waals surface area contributed by atoms with Gasteiger partial charge < -0.3 is 15.0 Å². The summed E-state index contributed by atoms with van der Waals surface area (Å²) in [4.78, 5) is 2.61. The van der Waals surface area contributed by atoms with Gasteiger partial charge in [0.1, 0.15) is 0 Å². The van der Waals surface area contributed by atoms with Crippen molar-refractivity contribution in [3.8, 4) is 0 Å². The second-order valence-electron chi connectivity index (χ2n) is 4.71. The number of likely N-dealkylation sites (tertiary alicyclic amines) is 1. The molecule has 0 amide bonds. The highest BCUT2D eigenvalue weighted by Gasteiger charge is 2.06. The first-order valence-corrected chi connectivity index (χ1v) is 6.85. The SMILES string of the molecule is COCCCNCCN1CCCCCCC1. The summed E-state index contributed by atoms with van der Waals surface area (Å²) in [7, 11) is 1.76. The smallest absolute Gasteiger partial charge is 0.0474 e. The van der Waals surface area contributed by atoms with Gasteiger partial charge in [0.2, 0.25) is 0 Å². The van der Waals surface area contributed by atoms with Crippen molar-refractivity contribution >= 4 is 0 Å². The van der Waals surface area contributed by atoms with E-state index in [-0.39, 0.29) is 0 Å². The third-order valence-corrected chi connectivity index (χ3v) is 3.26. The fourth-order valence-corrected chi connectivity index (χ4v) is 2.24. The number of methoxy groups -OCH3 is 1. The van der Waals surface area contributed by atoms with Gasteiger partial charge in [-0.2, -0.15) is 0 Å². The van der Waals surface area contributed by atoms with E-state index in [1.165, 1.54) is 51.7 Å². The van der Waals surface area contributed by atoms with Crippen LogP contribution in [-0.2, 0) is 4.74 Å². The minimum absolute atomic E-state index is 0.872. The van der Waals surface area contributed by atoms with Crippen molar-refractivity contribution in [2.75, 3.05) is 46.4 Å². The molecule has 1 N–H and O–H groups in total. The molecule has 3 heteroatoms. The van der Waals surface area contributed by atoms with Crippen LogP contribution in [0.3, 0.4) is 0 Å². The molecule has 1 aliphatic rings. The Bertz CT molecular complexity index is 145. The number of nitrogens with zero attached hydrogens (tertiary/aromatic N) is 1. The average Bonchev–Trinajstić information content (AvgIpc) is 2.25. The van der Waals surface area contributed by atoms with Gasteiger partial charge in [-0.3, -0.25) is 0 Å². The zero-order chi connectivity index (χ0) is 11.5. The Balaban J connectivity index is 1.93. The van der Waals surface area contributed by atoms with Gasteiger partial charge in [-0.25, -0.2) is 0 Å². The maximum Gasteiger partial charge on any atom is 0.0474 e. The second-order valence-corrected chi connectivity index (χ2v) is 4.71. The van der Waals surface area contributed by atoms with Gasteiger partial charge in [0.15, 0.2) is 0 Å². The Hall–Kier alpha value is -0.120. The fourth-order valence-electron chi connectivity index (χ4n) is 2.24. The van der Waals surface area contributed by atoms with Gasteiger partial charge in [0.05, 0.1) is 0 Å². The molecule has 16 heavy (non-hydrogen) atoms. The lowest BCUT2D eigenvalue weighted by molar-refractivity contribution is 0.193. The summed E-state index contributed by atoms with van der Waals surface area (Å²) in [5.41, 5.74) is 0. The molecule has 96 valence electrons. The van der Waals surface area contributed by atoms with E-state index >= 15 is 0 Å². The van der Waals surface area contributed by atoms with Crippen LogP contribution in [0, 0.1) is 0 Å². The van der Waals surface area contributed by atoms with Crippen molar-refractivity contribution in [3.05, 3.63) is 0 Å². The van der Waals surface area contributed by atoms with Crippen LogP contribution in [0.2, 0.25) is 0 Å². The molecule has 0 unspecified atom stereocenters. The monoisotopic (exact) mass is 228 g/mol. The lowest BCUT2D eigenvalue weighted by atomic mass is 10.1. The molecule has 0 aliphatic carbocycles. The first kappa shape index (κ1) is 13.9. The summed E-state index contributed by atoms with van der Waals surface area (Å²) in [6, 6.07) is 0. The van der Waals surface area contributed by atoms with Crippen LogP contribution < -0.4 is 5.32 Å². The Morgan fingerprint density at radius 2 is 1.69 bits per heavy atom. The summed E-state index contributed by atoms with van der Waals surface area (Å²) >= 11 is 0. The highest BCUT2D eigenvalue weighted by molar-refractivity contribution is 4.63. The van der Waals surface area contributed by atoms with Crippen LogP contribution in [0.1, 0.15) is 38.5 Å². The molecule has 1 saturated heterocycles. The number of hydrogen-bond acceptors (Lipinski definition) is 3. The molecule has 0 spiro atoms. The number of ether oxygens (including phenoxy) is 1. The molecule has 1 aliphatic heterocycles. The van der Waals surface area contributed by atoms with Crippen molar-refractivity contribution in [2.24, 2.45) is 0 Å². The van der Waals surface area contributed by atoms with Crippen LogP contribution in [0.4, 0.5) is 0 Å². The number of hydrogen-bond donors (Lipinski definition) is 1. The molecule has 1 heterocycles. The zero-order valence-electron chi connectivity index (χ0n) is 10.8. The molecule has 0 bridgehead atoms. The molecule has 1 rings (SSSR count). The number of nitrogens with one attached hydrogen (secondary N) is 1. The predicted molar refractivity (Wildman–Crippen MR) is 68.9 cm³/mol. The largest absolute Gasteiger partial charge is 0.385 e. The lowest BCUT2D eigenvalue weighted by Gasteiger charge is -2.24. The number of rotatable bonds is 7. The van der Waals surface area contributed by atoms with Gasteiger partial charge in [0.25, 0.3) is 0 Å². The van der Waals surface area contributed by atoms with Crippen molar-refractivity contribution < 1.29 is 4.74 Å². The normalized spacial score (nSPS) is 19.3. The molecule has 0 radical (unpaired) electrons. The molecule has 0 aromatic heterocycles. The van der Waals surface area contributed by atoms with Gasteiger partial charge >= 0.3 is 0 Å². The molecule has 0 atom stereocenters. The maximum absolute atomic E-state index is 5.02. The van der Waals surface area contributed by atoms with Gasteiger partial charge in [-0.15, -0.1) is 0 Å². The molecule has 0 aromatic rings. The van der Waals surface area contributed by atoms with Crippen molar-refractivity contribution in [1.82, 2.24) is 10.2 Å². The highest BCUT2D eigenvalue weighted by Crippen LogP contribution is 2.09. The first-order valence-electron chi connectivity index (χ1n) is 6.85. The van der Waals surface area contributed by atoms with Crippen LogP contribution in [0.15, 0.2) is 0 Å². The van der Waals surface area contributed by atoms with Crippen LogP contribution >= 0.6 is 0 Å². The van der Waals surface area contributed by atoms with E-state index in [0.29, 0.717) is 0 Å². The Morgan fingerprint density at radius 3 is 2.38 bits per heavy atom. The zero-order valence-corrected chi connectivity index (χ0v) is 10.8. The van der Waals surface area contributed by atoms with Crippen molar-refractivity contribution in [2.45, 2.75) is 38.5 Å². The maximum atomic E-state index is 5.02. The molecular weight excluding hydrogens is 200 g/mol. The Kier molecular flexibility index (Phi) is 8.77. The fraction of sp³-hybridized carbons (Fsp3) is 1.00. The van der Waals surface area contributed by atoms with Crippen molar-refractivity contribution in [1.29, 1.82) is 0 Å². The standard InChI is InChI=1S/C13H28N2O/c1-16-13-7-8-14-9-12-15-10-5-3-2-4-6-11-15/h14H,2-13H2,1H3. The molecule has 1 fully saturated rings. The summed E-state index contributed by atoms with van der Waals surface area (Å²) in [6.45, 7) is 6.91. The Morgan fingerprint density at radius 1 is 1.00 bits per heavy atom. The minimum Gasteiger partial charge on any atom is -0.385 e. The van der Waals surface area contributed by atoms with E-state index in [1.54, 1.807) is 7.11 Å². The van der Waals surface area contributed by atoms with E-state index in [0.717, 1.165) is 26.1 Å². The predicted octanol–water partition coefficient (Wildman–Crippen LogP) is 1.88. The van der Waals surface area contributed by atoms with Crippen LogP contribution in [0.25, 0.3) is 0 Å². The second kappa shape index (κ2) is 10.1. The average molecular weight is 228 g/mol. The minimum atomic E-state index is 0.872. The Labute approximate surface area is 101 Å². The van der Waals surface area contributed by atoms with Crippen LogP contribution in [0.5, 0.6) is 0 Å². The molecule has 3 nitrogen and oxygen atoms in total. The van der Waals surface area contributed by atoms with E-state index in [1.807, 2.05) is 0 Å². The molecule has 0 saturated carbocycles. The van der Waals surface area contributed by atoms with Gasteiger partial charge in [-0.1, -0.05) is 19.3 Å². The highest BCUT2D eigenvalue weighted by atomic mass is 16.5. The quantitative estimate of drug-likeness (QED) is 0.673. The van der Waals surface area contributed by atoms with E-state index in [4.69, 9.17) is 4.74 Å². The summed E-state index contributed by atoms with van der Waals surface area (Å²) in [5.74, 6) is 0. The van der Waals surface area contributed by atoms with E-state index in [2.05, 4.69) is 10.2 Å². The third-order valence-electron chi connectivity index (χ3n) is 3.26. The summed E-state index contributed by atoms with van der Waals surface area (Å²) < 4.78 is 5.02. The van der Waals surface area contributed by atoms with Crippen LogP contribution in [-0.4, -0.2) is 51.3 Å². The summed E-state index contributed by atoms with van der Waals surface area (Å²) in [5, 5.41) is 3.48. The first-order chi connectivity index (χ1) is 7.93.